The van der Waals surface area contributed by atoms with E-state index >= 15 is 0 Å². The van der Waals surface area contributed by atoms with Crippen LogP contribution in [0.5, 0.6) is 0 Å². The molecule has 0 spiro atoms. The fraction of sp³-hybridized carbons (Fsp3) is 0.545. The Bertz CT molecular complexity index is 433. The molecule has 90 valence electrons. The molecule has 0 atom stereocenters. The molecule has 2 aromatic heterocycles. The first-order chi connectivity index (χ1) is 7.70. The van der Waals surface area contributed by atoms with E-state index in [4.69, 9.17) is 5.73 Å². The smallest absolute Gasteiger partial charge is 0.163 e. The van der Waals surface area contributed by atoms with Gasteiger partial charge in [-0.15, -0.1) is 0 Å². The van der Waals surface area contributed by atoms with Crippen LogP contribution in [0.25, 0.3) is 11.0 Å². The predicted molar refractivity (Wildman–Crippen MR) is 68.1 cm³/mol. The zero-order valence-corrected chi connectivity index (χ0v) is 10.9. The van der Waals surface area contributed by atoms with Crippen LogP contribution < -0.4 is 5.73 Å². The van der Waals surface area contributed by atoms with Gasteiger partial charge in [0.1, 0.15) is 6.33 Å². The van der Waals surface area contributed by atoms with Crippen molar-refractivity contribution in [3.8, 4) is 0 Å². The Morgan fingerprint density at radius 3 is 2.19 bits per heavy atom. The van der Waals surface area contributed by atoms with Crippen LogP contribution in [-0.4, -0.2) is 19.7 Å². The molecule has 2 N–H and O–H groups in total. The van der Waals surface area contributed by atoms with Crippen LogP contribution >= 0.6 is 0 Å². The molecule has 0 aliphatic rings. The number of hydrogen-bond acceptors (Lipinski definition) is 4. The van der Waals surface area contributed by atoms with Crippen LogP contribution in [0.4, 0.5) is 5.82 Å². The van der Waals surface area contributed by atoms with E-state index in [0.717, 1.165) is 16.7 Å². The minimum Gasteiger partial charge on any atom is -0.382 e. The second-order valence-corrected chi connectivity index (χ2v) is 2.67. The quantitative estimate of drug-likeness (QED) is 0.744. The Kier molecular flexibility index (Phi) is 6.07. The van der Waals surface area contributed by atoms with E-state index in [2.05, 4.69) is 15.1 Å². The second-order valence-electron chi connectivity index (χ2n) is 2.67. The summed E-state index contributed by atoms with van der Waals surface area (Å²) < 4.78 is 1.65. The highest BCUT2D eigenvalue weighted by Crippen LogP contribution is 2.18. The lowest BCUT2D eigenvalue weighted by atomic mass is 10.3. The van der Waals surface area contributed by atoms with Gasteiger partial charge in [-0.3, -0.25) is 0 Å². The third kappa shape index (κ3) is 2.68. The van der Waals surface area contributed by atoms with Gasteiger partial charge in [0.2, 0.25) is 0 Å². The van der Waals surface area contributed by atoms with E-state index in [1.807, 2.05) is 41.7 Å². The van der Waals surface area contributed by atoms with Gasteiger partial charge in [-0.05, 0) is 6.92 Å². The molecule has 0 aliphatic carbocycles. The Morgan fingerprint density at radius 1 is 1.12 bits per heavy atom. The molecule has 0 saturated carbocycles. The highest BCUT2D eigenvalue weighted by Gasteiger charge is 2.08. The maximum Gasteiger partial charge on any atom is 0.163 e. The number of rotatable bonds is 0. The normalized spacial score (nSPS) is 8.88. The zero-order valence-electron chi connectivity index (χ0n) is 10.9. The topological polar surface area (TPSA) is 69.6 Å². The number of anilines is 1. The van der Waals surface area contributed by atoms with Gasteiger partial charge >= 0.3 is 0 Å². The summed E-state index contributed by atoms with van der Waals surface area (Å²) in [6.07, 6.45) is 1.51. The van der Waals surface area contributed by atoms with Crippen molar-refractivity contribution < 1.29 is 0 Å². The lowest BCUT2D eigenvalue weighted by Gasteiger charge is -1.93. The summed E-state index contributed by atoms with van der Waals surface area (Å²) >= 11 is 0. The van der Waals surface area contributed by atoms with Crippen molar-refractivity contribution in [1.82, 2.24) is 19.7 Å². The Hall–Kier alpha value is -1.65. The molecule has 5 nitrogen and oxygen atoms in total. The van der Waals surface area contributed by atoms with Crippen molar-refractivity contribution in [2.24, 2.45) is 7.05 Å². The maximum absolute atomic E-state index is 5.67. The Labute approximate surface area is 96.7 Å². The molecule has 0 saturated heterocycles. The summed E-state index contributed by atoms with van der Waals surface area (Å²) in [5, 5.41) is 4.89. The third-order valence-corrected chi connectivity index (χ3v) is 1.84. The minimum absolute atomic E-state index is 0.491. The van der Waals surface area contributed by atoms with Gasteiger partial charge in [-0.1, -0.05) is 27.7 Å². The predicted octanol–water partition coefficient (Wildman–Crippen LogP) is 2.31. The molecule has 2 heterocycles. The minimum atomic E-state index is 0.491. The van der Waals surface area contributed by atoms with Gasteiger partial charge in [0.15, 0.2) is 11.5 Å². The summed E-state index contributed by atoms with van der Waals surface area (Å²) in [5.74, 6) is 0.491. The van der Waals surface area contributed by atoms with E-state index in [1.165, 1.54) is 6.33 Å². The monoisotopic (exact) mass is 223 g/mol. The summed E-state index contributed by atoms with van der Waals surface area (Å²) in [7, 11) is 1.81. The molecule has 0 unspecified atom stereocenters. The summed E-state index contributed by atoms with van der Waals surface area (Å²) in [6.45, 7) is 9.89. The molecular formula is C11H21N5. The second kappa shape index (κ2) is 6.76. The molecular weight excluding hydrogens is 202 g/mol. The third-order valence-electron chi connectivity index (χ3n) is 1.84. The number of aromatic nitrogens is 4. The summed E-state index contributed by atoms with van der Waals surface area (Å²) in [6, 6.07) is 0. The van der Waals surface area contributed by atoms with Crippen LogP contribution in [0.3, 0.4) is 0 Å². The summed E-state index contributed by atoms with van der Waals surface area (Å²) in [5.41, 5.74) is 7.31. The standard InChI is InChI=1S/C7H9N5.2C2H6/c1-4-5-6(8)11-12(2)7(5)10-3-9-4;2*1-2/h3H,1-2H3,(H2,8,11);2*1-2H3. The Morgan fingerprint density at radius 2 is 1.69 bits per heavy atom. The van der Waals surface area contributed by atoms with Gasteiger partial charge in [-0.2, -0.15) is 5.10 Å². The lowest BCUT2D eigenvalue weighted by molar-refractivity contribution is 0.789. The van der Waals surface area contributed by atoms with Crippen LogP contribution in [0.15, 0.2) is 6.33 Å². The highest BCUT2D eigenvalue weighted by atomic mass is 15.3. The van der Waals surface area contributed by atoms with Crippen molar-refractivity contribution in [1.29, 1.82) is 0 Å². The van der Waals surface area contributed by atoms with Crippen LogP contribution in [0.2, 0.25) is 0 Å². The van der Waals surface area contributed by atoms with E-state index in [-0.39, 0.29) is 0 Å². The number of nitrogens with zero attached hydrogens (tertiary/aromatic N) is 4. The molecule has 2 aromatic rings. The van der Waals surface area contributed by atoms with Gasteiger partial charge in [0.05, 0.1) is 11.1 Å². The van der Waals surface area contributed by atoms with Crippen LogP contribution in [0, 0.1) is 6.92 Å². The van der Waals surface area contributed by atoms with Crippen LogP contribution in [-0.2, 0) is 7.05 Å². The molecule has 5 heteroatoms. The fourth-order valence-electron chi connectivity index (χ4n) is 1.27. The molecule has 16 heavy (non-hydrogen) atoms. The SMILES string of the molecule is CC.CC.Cc1ncnc2c1c(N)nn2C. The molecule has 2 rings (SSSR count). The Balaban J connectivity index is 0.000000509. The molecule has 0 aliphatic heterocycles. The van der Waals surface area contributed by atoms with Crippen molar-refractivity contribution in [3.63, 3.8) is 0 Å². The number of fused-ring (bicyclic) bond motifs is 1. The van der Waals surface area contributed by atoms with Crippen molar-refractivity contribution in [2.75, 3.05) is 5.73 Å². The van der Waals surface area contributed by atoms with Gasteiger partial charge < -0.3 is 5.73 Å². The maximum atomic E-state index is 5.67. The largest absolute Gasteiger partial charge is 0.382 e. The first-order valence-electron chi connectivity index (χ1n) is 5.60. The first-order valence-corrected chi connectivity index (χ1v) is 5.60. The summed E-state index contributed by atoms with van der Waals surface area (Å²) in [4.78, 5) is 8.11. The molecule has 0 radical (unpaired) electrons. The van der Waals surface area contributed by atoms with Crippen molar-refractivity contribution in [2.45, 2.75) is 34.6 Å². The average Bonchev–Trinajstić information content (AvgIpc) is 2.61. The van der Waals surface area contributed by atoms with E-state index in [1.54, 1.807) is 4.68 Å². The van der Waals surface area contributed by atoms with Gasteiger partial charge in [-0.25, -0.2) is 14.6 Å². The van der Waals surface area contributed by atoms with Crippen molar-refractivity contribution in [3.05, 3.63) is 12.0 Å². The number of nitrogens with two attached hydrogens (primary N) is 1. The zero-order chi connectivity index (χ0) is 12.7. The fourth-order valence-corrected chi connectivity index (χ4v) is 1.27. The molecule has 0 amide bonds. The number of hydrogen-bond donors (Lipinski definition) is 1. The molecule has 0 fully saturated rings. The lowest BCUT2D eigenvalue weighted by Crippen LogP contribution is -1.92. The molecule has 0 aromatic carbocycles. The van der Waals surface area contributed by atoms with E-state index < -0.39 is 0 Å². The number of nitrogen functional groups attached to an aromatic ring is 1. The average molecular weight is 223 g/mol. The van der Waals surface area contributed by atoms with Crippen molar-refractivity contribution >= 4 is 16.9 Å². The van der Waals surface area contributed by atoms with Crippen LogP contribution in [0.1, 0.15) is 33.4 Å². The van der Waals surface area contributed by atoms with E-state index in [0.29, 0.717) is 5.82 Å². The number of aryl methyl sites for hydroxylation is 2. The van der Waals surface area contributed by atoms with Gasteiger partial charge in [0, 0.05) is 7.05 Å². The van der Waals surface area contributed by atoms with E-state index in [9.17, 15) is 0 Å². The highest BCUT2D eigenvalue weighted by molar-refractivity contribution is 5.88. The van der Waals surface area contributed by atoms with Gasteiger partial charge in [0.25, 0.3) is 0 Å². The first kappa shape index (κ1) is 14.3. The molecule has 0 bridgehead atoms.